The Kier molecular flexibility index (Phi) is 3.39. The van der Waals surface area contributed by atoms with Gasteiger partial charge in [0.2, 0.25) is 5.91 Å². The molecule has 3 unspecified atom stereocenters. The van der Waals surface area contributed by atoms with Crippen LogP contribution in [0.3, 0.4) is 0 Å². The first-order valence-corrected chi connectivity index (χ1v) is 5.42. The van der Waals surface area contributed by atoms with E-state index < -0.39 is 12.2 Å². The summed E-state index contributed by atoms with van der Waals surface area (Å²) in [7, 11) is 0. The van der Waals surface area contributed by atoms with Crippen LogP contribution in [-0.2, 0) is 9.53 Å². The van der Waals surface area contributed by atoms with Crippen molar-refractivity contribution in [1.29, 1.82) is 5.26 Å². The number of β-amino-alcohol motifs (C(OH)–C–C–N with tert-alkyl or cyclic N) is 1. The number of rotatable bonds is 1. The zero-order valence-corrected chi connectivity index (χ0v) is 8.93. The minimum Gasteiger partial charge on any atom is -0.392 e. The van der Waals surface area contributed by atoms with E-state index >= 15 is 0 Å². The second kappa shape index (κ2) is 4.78. The minimum absolute atomic E-state index is 0.0416. The van der Waals surface area contributed by atoms with Gasteiger partial charge < -0.3 is 20.1 Å². The monoisotopic (exact) mass is 225 g/mol. The lowest BCUT2D eigenvalue weighted by molar-refractivity contribution is -0.139. The van der Waals surface area contributed by atoms with Gasteiger partial charge in [-0.1, -0.05) is 0 Å². The average Bonchev–Trinajstić information content (AvgIpc) is 2.75. The van der Waals surface area contributed by atoms with Gasteiger partial charge >= 0.3 is 0 Å². The molecule has 0 bridgehead atoms. The number of nitrogens with zero attached hydrogens (tertiary/aromatic N) is 2. The molecule has 6 nitrogen and oxygen atoms in total. The van der Waals surface area contributed by atoms with Crippen molar-refractivity contribution in [3.05, 3.63) is 0 Å². The Hall–Kier alpha value is -1.16. The van der Waals surface area contributed by atoms with E-state index in [0.29, 0.717) is 32.7 Å². The van der Waals surface area contributed by atoms with Crippen molar-refractivity contribution >= 4 is 5.91 Å². The number of carbonyl (C=O) groups is 1. The summed E-state index contributed by atoms with van der Waals surface area (Å²) in [6.45, 7) is 1.70. The smallest absolute Gasteiger partial charge is 0.240 e. The normalized spacial score (nSPS) is 34.8. The molecule has 0 radical (unpaired) electrons. The molecule has 6 heteroatoms. The predicted octanol–water partition coefficient (Wildman–Crippen LogP) is -1.54. The number of aliphatic hydroxyl groups excluding tert-OH is 1. The van der Waals surface area contributed by atoms with E-state index in [9.17, 15) is 9.90 Å². The van der Waals surface area contributed by atoms with E-state index in [1.165, 1.54) is 0 Å². The van der Waals surface area contributed by atoms with Crippen LogP contribution in [0.5, 0.6) is 0 Å². The average molecular weight is 225 g/mol. The zero-order valence-electron chi connectivity index (χ0n) is 8.93. The number of nitrogens with one attached hydrogen (secondary N) is 1. The highest BCUT2D eigenvalue weighted by molar-refractivity contribution is 5.82. The maximum Gasteiger partial charge on any atom is 0.240 e. The predicted molar refractivity (Wildman–Crippen MR) is 54.3 cm³/mol. The first-order chi connectivity index (χ1) is 7.70. The number of hydrogen-bond acceptors (Lipinski definition) is 5. The first kappa shape index (κ1) is 11.3. The van der Waals surface area contributed by atoms with Crippen LogP contribution in [0.4, 0.5) is 0 Å². The third-order valence-electron chi connectivity index (χ3n) is 2.93. The van der Waals surface area contributed by atoms with Crippen LogP contribution >= 0.6 is 0 Å². The molecule has 3 atom stereocenters. The molecule has 0 aromatic heterocycles. The van der Waals surface area contributed by atoms with Crippen molar-refractivity contribution in [2.45, 2.75) is 24.7 Å². The summed E-state index contributed by atoms with van der Waals surface area (Å²) in [5.41, 5.74) is 0. The Morgan fingerprint density at radius 1 is 1.62 bits per heavy atom. The number of ether oxygens (including phenoxy) is 1. The van der Waals surface area contributed by atoms with Crippen LogP contribution in [0.25, 0.3) is 0 Å². The lowest BCUT2D eigenvalue weighted by atomic mass is 10.1. The second-order valence-electron chi connectivity index (χ2n) is 4.12. The van der Waals surface area contributed by atoms with Gasteiger partial charge in [-0.15, -0.1) is 0 Å². The number of amides is 1. The molecule has 0 aliphatic carbocycles. The Morgan fingerprint density at radius 3 is 3.06 bits per heavy atom. The number of nitriles is 1. The third kappa shape index (κ3) is 2.32. The lowest BCUT2D eigenvalue weighted by Crippen LogP contribution is -2.50. The summed E-state index contributed by atoms with van der Waals surface area (Å²) in [5, 5.41) is 21.0. The summed E-state index contributed by atoms with van der Waals surface area (Å²) in [4.78, 5) is 13.6. The molecule has 2 aliphatic rings. The fourth-order valence-electron chi connectivity index (χ4n) is 2.05. The SMILES string of the molecule is N#CC1CN(C(=O)C2CC(O)CN2)CCO1. The molecule has 16 heavy (non-hydrogen) atoms. The van der Waals surface area contributed by atoms with Gasteiger partial charge in [0.25, 0.3) is 0 Å². The molecular weight excluding hydrogens is 210 g/mol. The van der Waals surface area contributed by atoms with Gasteiger partial charge in [0.1, 0.15) is 0 Å². The summed E-state index contributed by atoms with van der Waals surface area (Å²) in [6.07, 6.45) is -0.515. The van der Waals surface area contributed by atoms with Gasteiger partial charge in [0.15, 0.2) is 6.10 Å². The minimum atomic E-state index is -0.524. The molecule has 2 rings (SSSR count). The van der Waals surface area contributed by atoms with Gasteiger partial charge in [-0.3, -0.25) is 4.79 Å². The molecule has 2 saturated heterocycles. The first-order valence-electron chi connectivity index (χ1n) is 5.42. The van der Waals surface area contributed by atoms with Crippen LogP contribution in [0.2, 0.25) is 0 Å². The summed E-state index contributed by atoms with van der Waals surface area (Å²) < 4.78 is 5.17. The summed E-state index contributed by atoms with van der Waals surface area (Å²) in [6, 6.07) is 1.69. The molecule has 2 heterocycles. The molecule has 0 saturated carbocycles. The standard InChI is InChI=1S/C10H15N3O3/c11-4-8-6-13(1-2-16-8)10(15)9-3-7(14)5-12-9/h7-9,12,14H,1-3,5-6H2. The molecule has 2 fully saturated rings. The zero-order chi connectivity index (χ0) is 11.5. The molecule has 1 amide bonds. The van der Waals surface area contributed by atoms with Crippen LogP contribution in [0, 0.1) is 11.3 Å². The fourth-order valence-corrected chi connectivity index (χ4v) is 2.05. The van der Waals surface area contributed by atoms with E-state index in [0.717, 1.165) is 0 Å². The van der Waals surface area contributed by atoms with E-state index in [4.69, 9.17) is 10.00 Å². The second-order valence-corrected chi connectivity index (χ2v) is 4.12. The van der Waals surface area contributed by atoms with E-state index in [-0.39, 0.29) is 11.9 Å². The van der Waals surface area contributed by atoms with Gasteiger partial charge in [0.05, 0.1) is 31.4 Å². The fraction of sp³-hybridized carbons (Fsp3) is 0.800. The quantitative estimate of drug-likeness (QED) is 0.565. The molecule has 2 aliphatic heterocycles. The molecule has 0 aromatic rings. The van der Waals surface area contributed by atoms with Crippen LogP contribution < -0.4 is 5.32 Å². The topological polar surface area (TPSA) is 85.6 Å². The molecule has 0 aromatic carbocycles. The molecule has 2 N–H and O–H groups in total. The van der Waals surface area contributed by atoms with Crippen LogP contribution in [0.15, 0.2) is 0 Å². The summed E-state index contributed by atoms with van der Waals surface area (Å²) in [5.74, 6) is -0.0416. The van der Waals surface area contributed by atoms with E-state index in [1.54, 1.807) is 4.90 Å². The van der Waals surface area contributed by atoms with Gasteiger partial charge in [-0.2, -0.15) is 5.26 Å². The third-order valence-corrected chi connectivity index (χ3v) is 2.93. The Morgan fingerprint density at radius 2 is 2.44 bits per heavy atom. The van der Waals surface area contributed by atoms with Crippen LogP contribution in [-0.4, -0.2) is 60.4 Å². The van der Waals surface area contributed by atoms with Crippen molar-refractivity contribution in [2.75, 3.05) is 26.2 Å². The van der Waals surface area contributed by atoms with Crippen molar-refractivity contribution in [2.24, 2.45) is 0 Å². The highest BCUT2D eigenvalue weighted by Gasteiger charge is 2.33. The van der Waals surface area contributed by atoms with Crippen molar-refractivity contribution in [3.63, 3.8) is 0 Å². The van der Waals surface area contributed by atoms with Crippen molar-refractivity contribution in [1.82, 2.24) is 10.2 Å². The highest BCUT2D eigenvalue weighted by atomic mass is 16.5. The largest absolute Gasteiger partial charge is 0.392 e. The summed E-state index contributed by atoms with van der Waals surface area (Å²) >= 11 is 0. The maximum absolute atomic E-state index is 12.0. The maximum atomic E-state index is 12.0. The molecule has 88 valence electrons. The lowest BCUT2D eigenvalue weighted by Gasteiger charge is -2.31. The van der Waals surface area contributed by atoms with Crippen LogP contribution in [0.1, 0.15) is 6.42 Å². The van der Waals surface area contributed by atoms with Crippen molar-refractivity contribution < 1.29 is 14.6 Å². The number of hydrogen-bond donors (Lipinski definition) is 2. The van der Waals surface area contributed by atoms with E-state index in [2.05, 4.69) is 5.32 Å². The highest BCUT2D eigenvalue weighted by Crippen LogP contribution is 2.12. The number of morpholine rings is 1. The molecule has 0 spiro atoms. The Bertz CT molecular complexity index is 315. The number of carbonyl (C=O) groups excluding carboxylic acids is 1. The van der Waals surface area contributed by atoms with Gasteiger partial charge in [-0.05, 0) is 6.42 Å². The van der Waals surface area contributed by atoms with Gasteiger partial charge in [-0.25, -0.2) is 0 Å². The van der Waals surface area contributed by atoms with Gasteiger partial charge in [0, 0.05) is 13.1 Å². The Balaban J connectivity index is 1.92. The molecular formula is C10H15N3O3. The van der Waals surface area contributed by atoms with Crippen molar-refractivity contribution in [3.8, 4) is 6.07 Å². The number of aliphatic hydroxyl groups is 1. The Labute approximate surface area is 93.8 Å². The van der Waals surface area contributed by atoms with E-state index in [1.807, 2.05) is 6.07 Å².